The first-order valence-corrected chi connectivity index (χ1v) is 10.2. The lowest BCUT2D eigenvalue weighted by atomic mass is 9.79. The SMILES string of the molecule is COCCc1cc(C(=O)NC[C@@]2(O)CCC[C@@H](C)C2)c2c(C(C)(F)F)cccn12. The molecule has 5 nitrogen and oxygen atoms in total. The number of nitrogens with one attached hydrogen (secondary N) is 1. The van der Waals surface area contributed by atoms with Gasteiger partial charge in [-0.3, -0.25) is 4.79 Å². The predicted octanol–water partition coefficient (Wildman–Crippen LogP) is 3.91. The van der Waals surface area contributed by atoms with Crippen LogP contribution in [0.15, 0.2) is 24.4 Å². The van der Waals surface area contributed by atoms with Crippen molar-refractivity contribution in [3.05, 3.63) is 41.2 Å². The molecule has 3 rings (SSSR count). The maximum absolute atomic E-state index is 14.3. The number of amides is 1. The number of rotatable bonds is 7. The van der Waals surface area contributed by atoms with Crippen LogP contribution in [-0.4, -0.2) is 41.3 Å². The summed E-state index contributed by atoms with van der Waals surface area (Å²) in [6.07, 6.45) is 5.41. The molecule has 2 aromatic heterocycles. The number of carbonyl (C=O) groups is 1. The number of fused-ring (bicyclic) bond motifs is 1. The molecule has 0 unspecified atom stereocenters. The minimum Gasteiger partial charge on any atom is -0.388 e. The summed E-state index contributed by atoms with van der Waals surface area (Å²) in [5, 5.41) is 13.6. The molecule has 0 aliphatic heterocycles. The first kappa shape index (κ1) is 21.7. The number of carbonyl (C=O) groups excluding carboxylic acids is 1. The highest BCUT2D eigenvalue weighted by Crippen LogP contribution is 2.34. The standard InChI is InChI=1S/C22H30F2N2O3/c1-15-6-4-9-22(28,13-15)14-25-20(27)17-12-16(8-11-29-3)26-10-5-7-18(19(17)26)21(2,23)24/h5,7,10,12,15,28H,4,6,8-9,11,13-14H2,1-3H3,(H,25,27)/t15-,22-/m1/s1. The second-order valence-electron chi connectivity index (χ2n) is 8.43. The van der Waals surface area contributed by atoms with Gasteiger partial charge in [0.15, 0.2) is 0 Å². The Labute approximate surface area is 170 Å². The summed E-state index contributed by atoms with van der Waals surface area (Å²) in [5.41, 5.74) is -0.0190. The van der Waals surface area contributed by atoms with Crippen molar-refractivity contribution < 1.29 is 23.4 Å². The first-order valence-electron chi connectivity index (χ1n) is 10.2. The minimum absolute atomic E-state index is 0.117. The highest BCUT2D eigenvalue weighted by molar-refractivity contribution is 6.02. The fourth-order valence-corrected chi connectivity index (χ4v) is 4.39. The zero-order chi connectivity index (χ0) is 21.2. The van der Waals surface area contributed by atoms with E-state index in [2.05, 4.69) is 12.2 Å². The largest absolute Gasteiger partial charge is 0.388 e. The molecule has 160 valence electrons. The number of aliphatic hydroxyl groups is 1. The Balaban J connectivity index is 1.93. The Morgan fingerprint density at radius 1 is 1.48 bits per heavy atom. The highest BCUT2D eigenvalue weighted by atomic mass is 19.3. The van der Waals surface area contributed by atoms with Crippen LogP contribution in [0.3, 0.4) is 0 Å². The van der Waals surface area contributed by atoms with Crippen LogP contribution >= 0.6 is 0 Å². The second kappa shape index (κ2) is 8.40. The van der Waals surface area contributed by atoms with Gasteiger partial charge < -0.3 is 19.6 Å². The monoisotopic (exact) mass is 408 g/mol. The van der Waals surface area contributed by atoms with Gasteiger partial charge in [-0.15, -0.1) is 0 Å². The molecular weight excluding hydrogens is 378 g/mol. The van der Waals surface area contributed by atoms with E-state index in [-0.39, 0.29) is 23.2 Å². The van der Waals surface area contributed by atoms with Crippen molar-refractivity contribution in [1.29, 1.82) is 0 Å². The second-order valence-corrected chi connectivity index (χ2v) is 8.43. The van der Waals surface area contributed by atoms with Crippen LogP contribution in [0.25, 0.3) is 5.52 Å². The van der Waals surface area contributed by atoms with Gasteiger partial charge in [-0.1, -0.05) is 19.8 Å². The van der Waals surface area contributed by atoms with E-state index in [4.69, 9.17) is 4.74 Å². The summed E-state index contributed by atoms with van der Waals surface area (Å²) in [4.78, 5) is 13.0. The molecule has 0 aromatic carbocycles. The molecule has 1 aliphatic carbocycles. The van der Waals surface area contributed by atoms with Gasteiger partial charge in [-0.05, 0) is 37.0 Å². The lowest BCUT2D eigenvalue weighted by molar-refractivity contribution is -0.0109. The third-order valence-corrected chi connectivity index (χ3v) is 5.79. The smallest absolute Gasteiger partial charge is 0.272 e. The van der Waals surface area contributed by atoms with Crippen molar-refractivity contribution in [3.8, 4) is 0 Å². The molecule has 0 bridgehead atoms. The van der Waals surface area contributed by atoms with Crippen LogP contribution < -0.4 is 5.32 Å². The minimum atomic E-state index is -3.09. The number of methoxy groups -OCH3 is 1. The summed E-state index contributed by atoms with van der Waals surface area (Å²) in [5.74, 6) is -3.15. The molecule has 2 N–H and O–H groups in total. The number of halogens is 2. The van der Waals surface area contributed by atoms with Gasteiger partial charge in [0, 0.05) is 44.5 Å². The van der Waals surface area contributed by atoms with E-state index >= 15 is 0 Å². The average Bonchev–Trinajstić information content (AvgIpc) is 3.02. The zero-order valence-corrected chi connectivity index (χ0v) is 17.3. The van der Waals surface area contributed by atoms with Crippen molar-refractivity contribution in [2.45, 2.75) is 57.5 Å². The Morgan fingerprint density at radius 3 is 2.90 bits per heavy atom. The lowest BCUT2D eigenvalue weighted by Gasteiger charge is -2.35. The molecule has 1 amide bonds. The molecule has 7 heteroatoms. The van der Waals surface area contributed by atoms with Gasteiger partial charge >= 0.3 is 0 Å². The third kappa shape index (κ3) is 4.78. The number of alkyl halides is 2. The number of hydrogen-bond acceptors (Lipinski definition) is 3. The molecule has 2 heterocycles. The summed E-state index contributed by atoms with van der Waals surface area (Å²) >= 11 is 0. The fraction of sp³-hybridized carbons (Fsp3) is 0.591. The highest BCUT2D eigenvalue weighted by Gasteiger charge is 2.34. The van der Waals surface area contributed by atoms with Gasteiger partial charge in [-0.2, -0.15) is 0 Å². The van der Waals surface area contributed by atoms with Crippen molar-refractivity contribution in [1.82, 2.24) is 9.72 Å². The van der Waals surface area contributed by atoms with Crippen LogP contribution in [0.2, 0.25) is 0 Å². The molecule has 0 radical (unpaired) electrons. The number of hydrogen-bond donors (Lipinski definition) is 2. The van der Waals surface area contributed by atoms with Gasteiger partial charge in [-0.25, -0.2) is 8.78 Å². The van der Waals surface area contributed by atoms with Crippen molar-refractivity contribution >= 4 is 11.4 Å². The Morgan fingerprint density at radius 2 is 2.24 bits per heavy atom. The van der Waals surface area contributed by atoms with Crippen LogP contribution in [0.1, 0.15) is 61.1 Å². The Kier molecular flexibility index (Phi) is 6.29. The third-order valence-electron chi connectivity index (χ3n) is 5.79. The normalized spacial score (nSPS) is 22.8. The van der Waals surface area contributed by atoms with E-state index in [0.717, 1.165) is 25.5 Å². The number of ether oxygens (including phenoxy) is 1. The quantitative estimate of drug-likeness (QED) is 0.730. The molecule has 1 aliphatic rings. The van der Waals surface area contributed by atoms with E-state index in [0.29, 0.717) is 31.8 Å². The molecule has 0 spiro atoms. The molecule has 1 fully saturated rings. The molecule has 2 atom stereocenters. The zero-order valence-electron chi connectivity index (χ0n) is 17.3. The van der Waals surface area contributed by atoms with Crippen molar-refractivity contribution in [2.75, 3.05) is 20.3 Å². The fourth-order valence-electron chi connectivity index (χ4n) is 4.39. The van der Waals surface area contributed by atoms with Gasteiger partial charge in [0.05, 0.1) is 23.3 Å². The van der Waals surface area contributed by atoms with E-state index in [1.54, 1.807) is 29.8 Å². The summed E-state index contributed by atoms with van der Waals surface area (Å²) in [6, 6.07) is 4.55. The number of aromatic nitrogens is 1. The van der Waals surface area contributed by atoms with E-state index in [1.807, 2.05) is 0 Å². The summed E-state index contributed by atoms with van der Waals surface area (Å²) in [7, 11) is 1.57. The van der Waals surface area contributed by atoms with Gasteiger partial charge in [0.1, 0.15) is 0 Å². The van der Waals surface area contributed by atoms with Gasteiger partial charge in [0.25, 0.3) is 11.8 Å². The van der Waals surface area contributed by atoms with Gasteiger partial charge in [0.2, 0.25) is 0 Å². The van der Waals surface area contributed by atoms with Crippen LogP contribution in [0.5, 0.6) is 0 Å². The molecule has 1 saturated carbocycles. The van der Waals surface area contributed by atoms with Crippen LogP contribution in [0, 0.1) is 5.92 Å². The van der Waals surface area contributed by atoms with Crippen molar-refractivity contribution in [2.24, 2.45) is 5.92 Å². The molecule has 2 aromatic rings. The van der Waals surface area contributed by atoms with E-state index in [1.165, 1.54) is 6.07 Å². The lowest BCUT2D eigenvalue weighted by Crippen LogP contribution is -2.45. The predicted molar refractivity (Wildman–Crippen MR) is 107 cm³/mol. The van der Waals surface area contributed by atoms with E-state index in [9.17, 15) is 18.7 Å². The maximum Gasteiger partial charge on any atom is 0.272 e. The molecule has 29 heavy (non-hydrogen) atoms. The van der Waals surface area contributed by atoms with Crippen LogP contribution in [-0.2, 0) is 17.1 Å². The number of nitrogens with zero attached hydrogens (tertiary/aromatic N) is 1. The summed E-state index contributed by atoms with van der Waals surface area (Å²) < 4.78 is 35.3. The Hall–Kier alpha value is -1.99. The van der Waals surface area contributed by atoms with Crippen molar-refractivity contribution in [3.63, 3.8) is 0 Å². The summed E-state index contributed by atoms with van der Waals surface area (Å²) in [6.45, 7) is 3.45. The maximum atomic E-state index is 14.3. The number of pyridine rings is 1. The molecule has 0 saturated heterocycles. The Bertz CT molecular complexity index is 875. The first-order chi connectivity index (χ1) is 13.6. The average molecular weight is 408 g/mol. The van der Waals surface area contributed by atoms with Crippen LogP contribution in [0.4, 0.5) is 8.78 Å². The topological polar surface area (TPSA) is 63.0 Å². The molecular formula is C22H30F2N2O3. The van der Waals surface area contributed by atoms with E-state index < -0.39 is 17.4 Å².